The molecule has 0 unspecified atom stereocenters. The number of anilines is 1. The third-order valence-corrected chi connectivity index (χ3v) is 4.55. The number of carbonyl (C=O) groups excluding carboxylic acids is 1. The Kier molecular flexibility index (Phi) is 4.01. The molecular formula is C16H18N2O2S. The quantitative estimate of drug-likeness (QED) is 0.877. The van der Waals surface area contributed by atoms with E-state index >= 15 is 0 Å². The number of rotatable bonds is 3. The first-order chi connectivity index (χ1) is 10.2. The number of aryl methyl sites for hydroxylation is 1. The standard InChI is InChI=1S/C16H18N2O2S/c1-10-6-7-14-13(8-10)15(18-20-14)16(19)17-11-4-3-5-12(9-11)21-2/h3-5,9-10H,6-8H2,1-2H3,(H,17,19)/t10-/m1/s1. The smallest absolute Gasteiger partial charge is 0.278 e. The molecule has 1 aromatic heterocycles. The second kappa shape index (κ2) is 5.93. The van der Waals surface area contributed by atoms with Gasteiger partial charge in [0.1, 0.15) is 5.76 Å². The number of carbonyl (C=O) groups is 1. The van der Waals surface area contributed by atoms with Crippen LogP contribution in [0.2, 0.25) is 0 Å². The molecular weight excluding hydrogens is 284 g/mol. The molecule has 0 spiro atoms. The molecule has 110 valence electrons. The van der Waals surface area contributed by atoms with Gasteiger partial charge in [-0.05, 0) is 43.2 Å². The number of benzene rings is 1. The van der Waals surface area contributed by atoms with Gasteiger partial charge in [0.05, 0.1) is 0 Å². The van der Waals surface area contributed by atoms with E-state index in [4.69, 9.17) is 4.52 Å². The van der Waals surface area contributed by atoms with Crippen LogP contribution >= 0.6 is 11.8 Å². The molecule has 0 aliphatic heterocycles. The Labute approximate surface area is 128 Å². The monoisotopic (exact) mass is 302 g/mol. The minimum Gasteiger partial charge on any atom is -0.360 e. The van der Waals surface area contributed by atoms with E-state index in [2.05, 4.69) is 17.4 Å². The summed E-state index contributed by atoms with van der Waals surface area (Å²) in [6.45, 7) is 2.19. The van der Waals surface area contributed by atoms with Gasteiger partial charge in [-0.25, -0.2) is 0 Å². The van der Waals surface area contributed by atoms with Gasteiger partial charge >= 0.3 is 0 Å². The first-order valence-electron chi connectivity index (χ1n) is 7.10. The molecule has 1 atom stereocenters. The fraction of sp³-hybridized carbons (Fsp3) is 0.375. The number of nitrogens with one attached hydrogen (secondary N) is 1. The minimum absolute atomic E-state index is 0.188. The lowest BCUT2D eigenvalue weighted by atomic mass is 9.88. The highest BCUT2D eigenvalue weighted by atomic mass is 32.2. The van der Waals surface area contributed by atoms with Gasteiger partial charge < -0.3 is 9.84 Å². The fourth-order valence-electron chi connectivity index (χ4n) is 2.65. The molecule has 1 heterocycles. The highest BCUT2D eigenvalue weighted by Gasteiger charge is 2.26. The zero-order chi connectivity index (χ0) is 14.8. The van der Waals surface area contributed by atoms with Gasteiger partial charge in [-0.1, -0.05) is 18.1 Å². The Balaban J connectivity index is 1.81. The minimum atomic E-state index is -0.188. The SMILES string of the molecule is CSc1cccc(NC(=O)c2noc3c2C[C@H](C)CC3)c1. The van der Waals surface area contributed by atoms with Crippen LogP contribution in [0.4, 0.5) is 5.69 Å². The normalized spacial score (nSPS) is 17.3. The summed E-state index contributed by atoms with van der Waals surface area (Å²) in [6.07, 6.45) is 4.85. The van der Waals surface area contributed by atoms with Crippen LogP contribution in [-0.4, -0.2) is 17.3 Å². The summed E-state index contributed by atoms with van der Waals surface area (Å²) in [5.41, 5.74) is 2.20. The van der Waals surface area contributed by atoms with Crippen molar-refractivity contribution in [3.05, 3.63) is 41.3 Å². The van der Waals surface area contributed by atoms with Crippen molar-refractivity contribution in [2.24, 2.45) is 5.92 Å². The average molecular weight is 302 g/mol. The lowest BCUT2D eigenvalue weighted by molar-refractivity contribution is 0.101. The van der Waals surface area contributed by atoms with Crippen molar-refractivity contribution in [1.82, 2.24) is 5.16 Å². The van der Waals surface area contributed by atoms with Gasteiger partial charge in [0, 0.05) is 22.6 Å². The molecule has 5 heteroatoms. The molecule has 0 fully saturated rings. The van der Waals surface area contributed by atoms with Crippen LogP contribution < -0.4 is 5.32 Å². The zero-order valence-electron chi connectivity index (χ0n) is 12.2. The van der Waals surface area contributed by atoms with Crippen LogP contribution in [-0.2, 0) is 12.8 Å². The molecule has 1 aliphatic carbocycles. The van der Waals surface area contributed by atoms with Crippen molar-refractivity contribution in [3.8, 4) is 0 Å². The second-order valence-electron chi connectivity index (χ2n) is 5.47. The van der Waals surface area contributed by atoms with Crippen molar-refractivity contribution in [3.63, 3.8) is 0 Å². The molecule has 2 aromatic rings. The van der Waals surface area contributed by atoms with Crippen molar-refractivity contribution < 1.29 is 9.32 Å². The molecule has 1 N–H and O–H groups in total. The zero-order valence-corrected chi connectivity index (χ0v) is 13.0. The summed E-state index contributed by atoms with van der Waals surface area (Å²) in [4.78, 5) is 13.5. The summed E-state index contributed by atoms with van der Waals surface area (Å²) in [7, 11) is 0. The first kappa shape index (κ1) is 14.2. The van der Waals surface area contributed by atoms with Gasteiger partial charge in [-0.2, -0.15) is 0 Å². The molecule has 21 heavy (non-hydrogen) atoms. The number of amides is 1. The average Bonchev–Trinajstić information content (AvgIpc) is 2.90. The van der Waals surface area contributed by atoms with Crippen LogP contribution in [0.1, 0.15) is 35.2 Å². The summed E-state index contributed by atoms with van der Waals surface area (Å²) in [5, 5.41) is 6.89. The lowest BCUT2D eigenvalue weighted by Gasteiger charge is -2.16. The third-order valence-electron chi connectivity index (χ3n) is 3.83. The van der Waals surface area contributed by atoms with Crippen LogP contribution in [0, 0.1) is 5.92 Å². The van der Waals surface area contributed by atoms with Crippen LogP contribution in [0.5, 0.6) is 0 Å². The number of nitrogens with zero attached hydrogens (tertiary/aromatic N) is 1. The largest absolute Gasteiger partial charge is 0.360 e. The highest BCUT2D eigenvalue weighted by molar-refractivity contribution is 7.98. The second-order valence-corrected chi connectivity index (χ2v) is 6.35. The Morgan fingerprint density at radius 1 is 1.48 bits per heavy atom. The number of hydrogen-bond acceptors (Lipinski definition) is 4. The van der Waals surface area contributed by atoms with Gasteiger partial charge in [-0.3, -0.25) is 4.79 Å². The van der Waals surface area contributed by atoms with E-state index in [1.807, 2.05) is 30.5 Å². The van der Waals surface area contributed by atoms with Crippen molar-refractivity contribution >= 4 is 23.4 Å². The number of hydrogen-bond donors (Lipinski definition) is 1. The van der Waals surface area contributed by atoms with Gasteiger partial charge in [0.25, 0.3) is 5.91 Å². The van der Waals surface area contributed by atoms with Crippen molar-refractivity contribution in [2.45, 2.75) is 31.1 Å². The van der Waals surface area contributed by atoms with Crippen LogP contribution in [0.15, 0.2) is 33.7 Å². The topological polar surface area (TPSA) is 55.1 Å². The van der Waals surface area contributed by atoms with Crippen LogP contribution in [0.25, 0.3) is 0 Å². The molecule has 1 amide bonds. The van der Waals surface area contributed by atoms with E-state index in [9.17, 15) is 4.79 Å². The predicted octanol–water partition coefficient (Wildman–Crippen LogP) is 3.77. The summed E-state index contributed by atoms with van der Waals surface area (Å²) in [5.74, 6) is 1.26. The van der Waals surface area contributed by atoms with E-state index in [0.717, 1.165) is 41.2 Å². The maximum atomic E-state index is 12.4. The van der Waals surface area contributed by atoms with E-state index < -0.39 is 0 Å². The van der Waals surface area contributed by atoms with Crippen molar-refractivity contribution in [2.75, 3.05) is 11.6 Å². The molecule has 3 rings (SSSR count). The summed E-state index contributed by atoms with van der Waals surface area (Å²) in [6, 6.07) is 7.78. The van der Waals surface area contributed by atoms with Gasteiger partial charge in [0.15, 0.2) is 5.69 Å². The van der Waals surface area contributed by atoms with E-state index in [0.29, 0.717) is 11.6 Å². The highest BCUT2D eigenvalue weighted by Crippen LogP contribution is 2.28. The Morgan fingerprint density at radius 2 is 2.33 bits per heavy atom. The lowest BCUT2D eigenvalue weighted by Crippen LogP contribution is -2.17. The number of fused-ring (bicyclic) bond motifs is 1. The number of aromatic nitrogens is 1. The Hall–Kier alpha value is -1.75. The maximum Gasteiger partial charge on any atom is 0.278 e. The van der Waals surface area contributed by atoms with E-state index in [1.54, 1.807) is 11.8 Å². The van der Waals surface area contributed by atoms with Gasteiger partial charge in [-0.15, -0.1) is 11.8 Å². The van der Waals surface area contributed by atoms with Crippen LogP contribution in [0.3, 0.4) is 0 Å². The number of thioether (sulfide) groups is 1. The third kappa shape index (κ3) is 2.97. The fourth-order valence-corrected chi connectivity index (χ4v) is 3.11. The predicted molar refractivity (Wildman–Crippen MR) is 83.9 cm³/mol. The van der Waals surface area contributed by atoms with Crippen molar-refractivity contribution in [1.29, 1.82) is 0 Å². The maximum absolute atomic E-state index is 12.4. The molecule has 0 saturated heterocycles. The molecule has 4 nitrogen and oxygen atoms in total. The summed E-state index contributed by atoms with van der Waals surface area (Å²) < 4.78 is 5.32. The Bertz CT molecular complexity index is 666. The molecule has 0 radical (unpaired) electrons. The first-order valence-corrected chi connectivity index (χ1v) is 8.32. The summed E-state index contributed by atoms with van der Waals surface area (Å²) >= 11 is 1.65. The van der Waals surface area contributed by atoms with E-state index in [-0.39, 0.29) is 5.91 Å². The Morgan fingerprint density at radius 3 is 3.14 bits per heavy atom. The van der Waals surface area contributed by atoms with E-state index in [1.165, 1.54) is 0 Å². The molecule has 0 bridgehead atoms. The molecule has 1 aliphatic rings. The molecule has 1 aromatic carbocycles. The van der Waals surface area contributed by atoms with Gasteiger partial charge in [0.2, 0.25) is 0 Å². The molecule has 0 saturated carbocycles.